The van der Waals surface area contributed by atoms with E-state index in [4.69, 9.17) is 5.11 Å². The summed E-state index contributed by atoms with van der Waals surface area (Å²) in [6, 6.07) is 0. The molecule has 0 fully saturated rings. The molecule has 0 rings (SSSR count). The normalized spacial score (nSPS) is 13.6. The largest absolute Gasteiger partial charge is 0.395 e. The fraction of sp³-hybridized carbons (Fsp3) is 1.00. The van der Waals surface area contributed by atoms with E-state index >= 15 is 0 Å². The van der Waals surface area contributed by atoms with Crippen molar-refractivity contribution in [1.29, 1.82) is 0 Å². The molecule has 0 aromatic carbocycles. The summed E-state index contributed by atoms with van der Waals surface area (Å²) in [5.74, 6) is -0.876. The molecule has 0 aliphatic heterocycles. The monoisotopic (exact) mass is 299 g/mol. The van der Waals surface area contributed by atoms with Gasteiger partial charge in [0, 0.05) is 13.0 Å². The van der Waals surface area contributed by atoms with E-state index in [2.05, 4.69) is 0 Å². The van der Waals surface area contributed by atoms with Gasteiger partial charge in [-0.15, -0.1) is 0 Å². The van der Waals surface area contributed by atoms with Gasteiger partial charge in [-0.25, -0.2) is 17.2 Å². The molecule has 0 radical (unpaired) electrons. The highest BCUT2D eigenvalue weighted by atomic mass is 32.2. The van der Waals surface area contributed by atoms with Crippen LogP contribution in [0.25, 0.3) is 0 Å². The summed E-state index contributed by atoms with van der Waals surface area (Å²) >= 11 is 0. The molecule has 0 amide bonds. The second-order valence-electron chi connectivity index (χ2n) is 3.51. The van der Waals surface area contributed by atoms with E-state index in [1.165, 1.54) is 0 Å². The van der Waals surface area contributed by atoms with Gasteiger partial charge in [-0.05, 0) is 6.42 Å². The highest BCUT2D eigenvalue weighted by molar-refractivity contribution is 7.89. The highest BCUT2D eigenvalue weighted by Gasteiger charge is 2.30. The van der Waals surface area contributed by atoms with Crippen molar-refractivity contribution in [2.45, 2.75) is 25.4 Å². The summed E-state index contributed by atoms with van der Waals surface area (Å²) in [7, 11) is -4.21. The lowest BCUT2D eigenvalue weighted by atomic mass is 10.3. The molecular formula is C8H14F5NO3S. The molecule has 0 unspecified atom stereocenters. The van der Waals surface area contributed by atoms with Crippen LogP contribution in [0.2, 0.25) is 0 Å². The minimum Gasteiger partial charge on any atom is -0.395 e. The standard InChI is InChI=1S/C8H14F5NO3S/c9-7(10)6-14(3-4-15)18(16,17)5-1-2-8(11,12)13/h7,15H,1-6H2. The number of halogens is 5. The number of rotatable bonds is 8. The molecule has 4 nitrogen and oxygen atoms in total. The van der Waals surface area contributed by atoms with Crippen LogP contribution in [0.5, 0.6) is 0 Å². The van der Waals surface area contributed by atoms with Gasteiger partial charge < -0.3 is 5.11 Å². The molecule has 1 N–H and O–H groups in total. The minimum absolute atomic E-state index is 0.300. The molecule has 18 heavy (non-hydrogen) atoms. The molecule has 0 saturated carbocycles. The average molecular weight is 299 g/mol. The van der Waals surface area contributed by atoms with Crippen LogP contribution in [0.3, 0.4) is 0 Å². The van der Waals surface area contributed by atoms with Crippen molar-refractivity contribution in [3.05, 3.63) is 0 Å². The molecular weight excluding hydrogens is 285 g/mol. The summed E-state index contributed by atoms with van der Waals surface area (Å²) in [6.07, 6.45) is -9.43. The highest BCUT2D eigenvalue weighted by Crippen LogP contribution is 2.22. The fourth-order valence-corrected chi connectivity index (χ4v) is 2.66. The van der Waals surface area contributed by atoms with Crippen LogP contribution in [-0.4, -0.2) is 55.9 Å². The van der Waals surface area contributed by atoms with Gasteiger partial charge in [0.1, 0.15) is 0 Å². The first-order valence-corrected chi connectivity index (χ1v) is 6.63. The van der Waals surface area contributed by atoms with Crippen LogP contribution in [0.4, 0.5) is 22.0 Å². The molecule has 0 aliphatic rings. The van der Waals surface area contributed by atoms with E-state index in [0.29, 0.717) is 4.31 Å². The lowest BCUT2D eigenvalue weighted by Gasteiger charge is -2.20. The Balaban J connectivity index is 4.46. The summed E-state index contributed by atoms with van der Waals surface area (Å²) < 4.78 is 82.8. The smallest absolute Gasteiger partial charge is 0.389 e. The summed E-state index contributed by atoms with van der Waals surface area (Å²) in [6.45, 7) is -2.36. The maximum Gasteiger partial charge on any atom is 0.389 e. The average Bonchev–Trinajstić information content (AvgIpc) is 2.13. The Morgan fingerprint density at radius 2 is 1.78 bits per heavy atom. The SMILES string of the molecule is O=S(=O)(CCCC(F)(F)F)N(CCO)CC(F)F. The molecule has 0 heterocycles. The zero-order chi connectivity index (χ0) is 14.4. The van der Waals surface area contributed by atoms with Gasteiger partial charge in [-0.3, -0.25) is 0 Å². The van der Waals surface area contributed by atoms with Crippen molar-refractivity contribution in [3.8, 4) is 0 Å². The van der Waals surface area contributed by atoms with Crippen molar-refractivity contribution >= 4 is 10.0 Å². The quantitative estimate of drug-likeness (QED) is 0.686. The summed E-state index contributed by atoms with van der Waals surface area (Å²) in [5.41, 5.74) is 0. The molecule has 0 spiro atoms. The molecule has 0 saturated heterocycles. The predicted octanol–water partition coefficient (Wildman–Crippen LogP) is 1.22. The van der Waals surface area contributed by atoms with Crippen LogP contribution < -0.4 is 0 Å². The first-order chi connectivity index (χ1) is 8.08. The maximum absolute atomic E-state index is 12.1. The number of aliphatic hydroxyl groups excluding tert-OH is 1. The van der Waals surface area contributed by atoms with Gasteiger partial charge in [-0.1, -0.05) is 0 Å². The minimum atomic E-state index is -4.49. The Morgan fingerprint density at radius 3 is 2.17 bits per heavy atom. The molecule has 0 atom stereocenters. The Morgan fingerprint density at radius 1 is 1.22 bits per heavy atom. The van der Waals surface area contributed by atoms with E-state index in [-0.39, 0.29) is 0 Å². The van der Waals surface area contributed by atoms with E-state index in [1.54, 1.807) is 0 Å². The first kappa shape index (κ1) is 17.5. The van der Waals surface area contributed by atoms with Crippen LogP contribution in [0, 0.1) is 0 Å². The summed E-state index contributed by atoms with van der Waals surface area (Å²) in [4.78, 5) is 0. The van der Waals surface area contributed by atoms with Gasteiger partial charge in [0.15, 0.2) is 0 Å². The number of hydrogen-bond donors (Lipinski definition) is 1. The number of hydrogen-bond acceptors (Lipinski definition) is 3. The van der Waals surface area contributed by atoms with Crippen molar-refractivity contribution in [1.82, 2.24) is 4.31 Å². The molecule has 0 aliphatic carbocycles. The zero-order valence-corrected chi connectivity index (χ0v) is 10.1. The molecule has 10 heteroatoms. The van der Waals surface area contributed by atoms with Crippen molar-refractivity contribution in [2.24, 2.45) is 0 Å². The first-order valence-electron chi connectivity index (χ1n) is 5.02. The lowest BCUT2D eigenvalue weighted by Crippen LogP contribution is -2.38. The lowest BCUT2D eigenvalue weighted by molar-refractivity contribution is -0.134. The molecule has 110 valence electrons. The van der Waals surface area contributed by atoms with E-state index in [0.717, 1.165) is 0 Å². The van der Waals surface area contributed by atoms with Gasteiger partial charge in [0.25, 0.3) is 6.43 Å². The van der Waals surface area contributed by atoms with Crippen molar-refractivity contribution in [3.63, 3.8) is 0 Å². The molecule has 0 aromatic rings. The number of nitrogens with zero attached hydrogens (tertiary/aromatic N) is 1. The van der Waals surface area contributed by atoms with Gasteiger partial charge in [0.2, 0.25) is 10.0 Å². The number of alkyl halides is 5. The molecule has 0 bridgehead atoms. The van der Waals surface area contributed by atoms with Crippen molar-refractivity contribution < 1.29 is 35.5 Å². The van der Waals surface area contributed by atoms with E-state index in [9.17, 15) is 30.4 Å². The van der Waals surface area contributed by atoms with Gasteiger partial charge in [0.05, 0.1) is 18.9 Å². The Labute approximate surface area is 101 Å². The van der Waals surface area contributed by atoms with Crippen LogP contribution in [0.15, 0.2) is 0 Å². The van der Waals surface area contributed by atoms with Crippen molar-refractivity contribution in [2.75, 3.05) is 25.4 Å². The third-order valence-electron chi connectivity index (χ3n) is 1.95. The van der Waals surface area contributed by atoms with Crippen LogP contribution in [-0.2, 0) is 10.0 Å². The summed E-state index contributed by atoms with van der Waals surface area (Å²) in [5, 5.41) is 8.54. The topological polar surface area (TPSA) is 57.6 Å². The van der Waals surface area contributed by atoms with E-state index in [1.807, 2.05) is 0 Å². The third kappa shape index (κ3) is 7.77. The maximum atomic E-state index is 12.1. The Kier molecular flexibility index (Phi) is 7.00. The third-order valence-corrected chi connectivity index (χ3v) is 3.87. The zero-order valence-electron chi connectivity index (χ0n) is 9.33. The van der Waals surface area contributed by atoms with Crippen LogP contribution >= 0.6 is 0 Å². The second-order valence-corrected chi connectivity index (χ2v) is 5.60. The number of sulfonamides is 1. The van der Waals surface area contributed by atoms with Gasteiger partial charge >= 0.3 is 6.18 Å². The Bertz CT molecular complexity index is 330. The van der Waals surface area contributed by atoms with E-state index < -0.39 is 60.9 Å². The fourth-order valence-electron chi connectivity index (χ4n) is 1.19. The van der Waals surface area contributed by atoms with Crippen LogP contribution in [0.1, 0.15) is 12.8 Å². The second kappa shape index (κ2) is 7.19. The number of aliphatic hydroxyl groups is 1. The Hall–Kier alpha value is -0.480. The van der Waals surface area contributed by atoms with Gasteiger partial charge in [-0.2, -0.15) is 17.5 Å². The predicted molar refractivity (Wildman–Crippen MR) is 53.7 cm³/mol. The molecule has 0 aromatic heterocycles.